The summed E-state index contributed by atoms with van der Waals surface area (Å²) < 4.78 is 32.1. The summed E-state index contributed by atoms with van der Waals surface area (Å²) in [5.41, 5.74) is 0.323. The van der Waals surface area contributed by atoms with Gasteiger partial charge in [-0.3, -0.25) is 4.79 Å². The van der Waals surface area contributed by atoms with E-state index in [-0.39, 0.29) is 23.3 Å². The van der Waals surface area contributed by atoms with E-state index in [2.05, 4.69) is 5.32 Å². The number of sulfonamides is 1. The van der Waals surface area contributed by atoms with Crippen molar-refractivity contribution in [1.82, 2.24) is 9.62 Å². The molecule has 1 heterocycles. The number of carbonyl (C=O) groups excluding carboxylic acids is 2. The van der Waals surface area contributed by atoms with Crippen molar-refractivity contribution >= 4 is 21.9 Å². The molecule has 1 saturated heterocycles. The molecule has 2 aliphatic rings. The average Bonchev–Trinajstić information content (AvgIpc) is 3.26. The molecular formula is C21H30N2O5S. The number of hydrogen-bond acceptors (Lipinski definition) is 5. The van der Waals surface area contributed by atoms with Crippen LogP contribution in [-0.4, -0.2) is 50.8 Å². The molecule has 1 aliphatic carbocycles. The molecule has 8 heteroatoms. The predicted molar refractivity (Wildman–Crippen MR) is 109 cm³/mol. The molecule has 2 fully saturated rings. The minimum Gasteiger partial charge on any atom is -0.462 e. The first kappa shape index (κ1) is 21.8. The van der Waals surface area contributed by atoms with E-state index >= 15 is 0 Å². The normalized spacial score (nSPS) is 19.2. The molecule has 0 bridgehead atoms. The van der Waals surface area contributed by atoms with Crippen LogP contribution in [0.5, 0.6) is 0 Å². The van der Waals surface area contributed by atoms with E-state index in [1.165, 1.54) is 54.3 Å². The summed E-state index contributed by atoms with van der Waals surface area (Å²) in [6.45, 7) is 3.37. The Morgan fingerprint density at radius 1 is 1.07 bits per heavy atom. The molecule has 0 radical (unpaired) electrons. The van der Waals surface area contributed by atoms with E-state index in [9.17, 15) is 18.0 Å². The number of nitrogens with one attached hydrogen (secondary N) is 1. The highest BCUT2D eigenvalue weighted by atomic mass is 32.2. The van der Waals surface area contributed by atoms with Gasteiger partial charge in [-0.15, -0.1) is 0 Å². The zero-order valence-corrected chi connectivity index (χ0v) is 17.7. The maximum absolute atomic E-state index is 12.9. The van der Waals surface area contributed by atoms with Gasteiger partial charge in [-0.1, -0.05) is 12.8 Å². The van der Waals surface area contributed by atoms with E-state index in [0.717, 1.165) is 6.54 Å². The second-order valence-electron chi connectivity index (χ2n) is 7.82. The number of rotatable bonds is 7. The summed E-state index contributed by atoms with van der Waals surface area (Å²) in [7, 11) is -3.64. The molecule has 29 heavy (non-hydrogen) atoms. The van der Waals surface area contributed by atoms with Gasteiger partial charge in [0.1, 0.15) is 0 Å². The van der Waals surface area contributed by atoms with Crippen molar-refractivity contribution in [3.05, 3.63) is 29.8 Å². The average molecular weight is 423 g/mol. The molecular weight excluding hydrogens is 392 g/mol. The molecule has 1 aromatic rings. The zero-order chi connectivity index (χ0) is 20.9. The number of amides is 1. The smallest absolute Gasteiger partial charge is 0.338 e. The third-order valence-electron chi connectivity index (χ3n) is 5.87. The molecule has 1 saturated carbocycles. The van der Waals surface area contributed by atoms with Gasteiger partial charge < -0.3 is 10.1 Å². The van der Waals surface area contributed by atoms with Gasteiger partial charge in [0, 0.05) is 25.6 Å². The van der Waals surface area contributed by atoms with Gasteiger partial charge in [-0.2, -0.15) is 4.31 Å². The van der Waals surface area contributed by atoms with Crippen molar-refractivity contribution in [1.29, 1.82) is 0 Å². The fourth-order valence-electron chi connectivity index (χ4n) is 4.09. The first-order valence-electron chi connectivity index (χ1n) is 10.5. The molecule has 0 spiro atoms. The van der Waals surface area contributed by atoms with Crippen LogP contribution < -0.4 is 5.32 Å². The van der Waals surface area contributed by atoms with Crippen molar-refractivity contribution in [3.8, 4) is 0 Å². The Bertz CT molecular complexity index is 808. The lowest BCUT2D eigenvalue weighted by atomic mass is 9.97. The first-order valence-corrected chi connectivity index (χ1v) is 11.9. The third kappa shape index (κ3) is 5.36. The van der Waals surface area contributed by atoms with Crippen molar-refractivity contribution in [2.45, 2.75) is 50.3 Å². The van der Waals surface area contributed by atoms with E-state index in [4.69, 9.17) is 4.74 Å². The summed E-state index contributed by atoms with van der Waals surface area (Å²) in [5, 5.41) is 3.06. The Balaban J connectivity index is 1.53. The molecule has 1 amide bonds. The molecule has 1 aliphatic heterocycles. The summed E-state index contributed by atoms with van der Waals surface area (Å²) in [5.74, 6) is 0.0413. The lowest BCUT2D eigenvalue weighted by molar-refractivity contribution is -0.126. The van der Waals surface area contributed by atoms with Crippen LogP contribution in [0, 0.1) is 11.8 Å². The van der Waals surface area contributed by atoms with E-state index < -0.39 is 16.0 Å². The molecule has 160 valence electrons. The summed E-state index contributed by atoms with van der Waals surface area (Å²) in [6.07, 6.45) is 5.92. The van der Waals surface area contributed by atoms with Crippen LogP contribution >= 0.6 is 0 Å². The number of hydrogen-bond donors (Lipinski definition) is 1. The van der Waals surface area contributed by atoms with Crippen LogP contribution in [0.25, 0.3) is 0 Å². The number of ether oxygens (including phenoxy) is 1. The number of carbonyl (C=O) groups is 2. The third-order valence-corrected chi connectivity index (χ3v) is 7.78. The molecule has 7 nitrogen and oxygen atoms in total. The number of piperidine rings is 1. The lowest BCUT2D eigenvalue weighted by Crippen LogP contribution is -2.43. The van der Waals surface area contributed by atoms with Crippen LogP contribution in [0.3, 0.4) is 0 Å². The van der Waals surface area contributed by atoms with Crippen LogP contribution in [-0.2, 0) is 19.6 Å². The second-order valence-corrected chi connectivity index (χ2v) is 9.76. The largest absolute Gasteiger partial charge is 0.462 e. The van der Waals surface area contributed by atoms with Crippen molar-refractivity contribution in [3.63, 3.8) is 0 Å². The second kappa shape index (κ2) is 9.71. The zero-order valence-electron chi connectivity index (χ0n) is 16.9. The quantitative estimate of drug-likeness (QED) is 0.682. The first-order chi connectivity index (χ1) is 13.9. The van der Waals surface area contributed by atoms with E-state index in [1.54, 1.807) is 6.92 Å². The highest BCUT2D eigenvalue weighted by Crippen LogP contribution is 2.26. The summed E-state index contributed by atoms with van der Waals surface area (Å²) in [6, 6.07) is 5.80. The Hall–Kier alpha value is -1.93. The molecule has 1 N–H and O–H groups in total. The standard InChI is InChI=1S/C21H30N2O5S/c1-2-28-21(25)18-7-9-19(10-8-18)29(26,27)23-13-11-17(12-14-23)20(24)22-15-16-5-3-4-6-16/h7-10,16-17H,2-6,11-15H2,1H3,(H,22,24). The van der Waals surface area contributed by atoms with Gasteiger partial charge in [0.15, 0.2) is 0 Å². The monoisotopic (exact) mass is 422 g/mol. The van der Waals surface area contributed by atoms with E-state index in [0.29, 0.717) is 37.4 Å². The molecule has 0 aromatic heterocycles. The fraction of sp³-hybridized carbons (Fsp3) is 0.619. The lowest BCUT2D eigenvalue weighted by Gasteiger charge is -2.30. The van der Waals surface area contributed by atoms with Gasteiger partial charge in [0.05, 0.1) is 17.1 Å². The highest BCUT2D eigenvalue weighted by molar-refractivity contribution is 7.89. The number of esters is 1. The minimum atomic E-state index is -3.64. The van der Waals surface area contributed by atoms with Gasteiger partial charge in [-0.05, 0) is 62.8 Å². The molecule has 3 rings (SSSR count). The molecule has 0 atom stereocenters. The van der Waals surface area contributed by atoms with Crippen molar-refractivity contribution in [2.24, 2.45) is 11.8 Å². The van der Waals surface area contributed by atoms with Crippen LogP contribution in [0.1, 0.15) is 55.8 Å². The minimum absolute atomic E-state index is 0.0488. The SMILES string of the molecule is CCOC(=O)c1ccc(S(=O)(=O)N2CCC(C(=O)NCC3CCCC3)CC2)cc1. The maximum atomic E-state index is 12.9. The van der Waals surface area contributed by atoms with E-state index in [1.807, 2.05) is 0 Å². The molecule has 1 aromatic carbocycles. The van der Waals surface area contributed by atoms with Crippen molar-refractivity contribution < 1.29 is 22.7 Å². The summed E-state index contributed by atoms with van der Waals surface area (Å²) >= 11 is 0. The molecule has 0 unspecified atom stereocenters. The Labute approximate surface area is 172 Å². The van der Waals surface area contributed by atoms with Gasteiger partial charge in [-0.25, -0.2) is 13.2 Å². The van der Waals surface area contributed by atoms with Gasteiger partial charge in [0.2, 0.25) is 15.9 Å². The fourth-order valence-corrected chi connectivity index (χ4v) is 5.56. The maximum Gasteiger partial charge on any atom is 0.338 e. The van der Waals surface area contributed by atoms with Crippen LogP contribution in [0.2, 0.25) is 0 Å². The Morgan fingerprint density at radius 3 is 2.28 bits per heavy atom. The van der Waals surface area contributed by atoms with Crippen LogP contribution in [0.15, 0.2) is 29.2 Å². The predicted octanol–water partition coefficient (Wildman–Crippen LogP) is 2.57. The Kier molecular flexibility index (Phi) is 7.29. The van der Waals surface area contributed by atoms with Gasteiger partial charge >= 0.3 is 5.97 Å². The Morgan fingerprint density at radius 2 is 1.69 bits per heavy atom. The van der Waals surface area contributed by atoms with Crippen molar-refractivity contribution in [2.75, 3.05) is 26.2 Å². The highest BCUT2D eigenvalue weighted by Gasteiger charge is 2.32. The number of nitrogens with zero attached hydrogens (tertiary/aromatic N) is 1. The topological polar surface area (TPSA) is 92.8 Å². The number of benzene rings is 1. The van der Waals surface area contributed by atoms with Crippen LogP contribution in [0.4, 0.5) is 0 Å². The summed E-state index contributed by atoms with van der Waals surface area (Å²) in [4.78, 5) is 24.3. The van der Waals surface area contributed by atoms with Gasteiger partial charge in [0.25, 0.3) is 0 Å².